The van der Waals surface area contributed by atoms with Gasteiger partial charge in [-0.15, -0.1) is 0 Å². The quantitative estimate of drug-likeness (QED) is 0.518. The number of carbonyl (C=O) groups excluding carboxylic acids is 1. The van der Waals surface area contributed by atoms with Crippen LogP contribution in [0.3, 0.4) is 0 Å². The SMILES string of the molecule is COc1ccc(/C=N/NC(=O)c2ccc(C)o2)cc1[N+](=O)[O-]. The molecule has 0 radical (unpaired) electrons. The molecule has 1 amide bonds. The average molecular weight is 303 g/mol. The summed E-state index contributed by atoms with van der Waals surface area (Å²) in [4.78, 5) is 22.0. The lowest BCUT2D eigenvalue weighted by atomic mass is 10.2. The molecule has 0 spiro atoms. The van der Waals surface area contributed by atoms with Crippen LogP contribution in [-0.4, -0.2) is 24.2 Å². The van der Waals surface area contributed by atoms with Gasteiger partial charge >= 0.3 is 11.6 Å². The summed E-state index contributed by atoms with van der Waals surface area (Å²) in [7, 11) is 1.35. The maximum absolute atomic E-state index is 11.7. The number of carbonyl (C=O) groups is 1. The highest BCUT2D eigenvalue weighted by atomic mass is 16.6. The maximum atomic E-state index is 11.7. The van der Waals surface area contributed by atoms with Crippen LogP contribution in [0.5, 0.6) is 5.75 Å². The van der Waals surface area contributed by atoms with E-state index in [-0.39, 0.29) is 17.2 Å². The van der Waals surface area contributed by atoms with Gasteiger partial charge in [0, 0.05) is 11.6 Å². The van der Waals surface area contributed by atoms with Gasteiger partial charge in [-0.2, -0.15) is 5.10 Å². The monoisotopic (exact) mass is 303 g/mol. The lowest BCUT2D eigenvalue weighted by Crippen LogP contribution is -2.16. The topological polar surface area (TPSA) is 107 Å². The lowest BCUT2D eigenvalue weighted by molar-refractivity contribution is -0.385. The number of hydrazone groups is 1. The van der Waals surface area contributed by atoms with Crippen molar-refractivity contribution >= 4 is 17.8 Å². The van der Waals surface area contributed by atoms with Crippen molar-refractivity contribution in [1.29, 1.82) is 0 Å². The molecule has 8 heteroatoms. The first kappa shape index (κ1) is 15.2. The number of amides is 1. The molecule has 0 unspecified atom stereocenters. The summed E-state index contributed by atoms with van der Waals surface area (Å²) in [6.45, 7) is 1.72. The predicted molar refractivity (Wildman–Crippen MR) is 78.2 cm³/mol. The minimum Gasteiger partial charge on any atom is -0.490 e. The predicted octanol–water partition coefficient (Wildman–Crippen LogP) is 2.27. The number of rotatable bonds is 5. The van der Waals surface area contributed by atoms with Gasteiger partial charge in [-0.05, 0) is 31.2 Å². The van der Waals surface area contributed by atoms with Gasteiger partial charge in [0.05, 0.1) is 18.2 Å². The average Bonchev–Trinajstić information content (AvgIpc) is 2.93. The molecule has 0 aliphatic carbocycles. The second kappa shape index (κ2) is 6.53. The number of hydrogen-bond acceptors (Lipinski definition) is 6. The third-order valence-corrected chi connectivity index (χ3v) is 2.74. The Balaban J connectivity index is 2.08. The van der Waals surface area contributed by atoms with Crippen LogP contribution in [0.4, 0.5) is 5.69 Å². The molecule has 114 valence electrons. The number of ether oxygens (including phenoxy) is 1. The summed E-state index contributed by atoms with van der Waals surface area (Å²) >= 11 is 0. The summed E-state index contributed by atoms with van der Waals surface area (Å²) in [5.74, 6) is 0.389. The lowest BCUT2D eigenvalue weighted by Gasteiger charge is -2.02. The van der Waals surface area contributed by atoms with E-state index in [1.54, 1.807) is 19.1 Å². The van der Waals surface area contributed by atoms with Crippen LogP contribution in [0.15, 0.2) is 39.9 Å². The minimum atomic E-state index is -0.555. The van der Waals surface area contributed by atoms with E-state index >= 15 is 0 Å². The molecule has 1 aromatic heterocycles. The highest BCUT2D eigenvalue weighted by Gasteiger charge is 2.14. The van der Waals surface area contributed by atoms with E-state index in [1.807, 2.05) is 0 Å². The van der Waals surface area contributed by atoms with Gasteiger partial charge in [-0.3, -0.25) is 14.9 Å². The van der Waals surface area contributed by atoms with Crippen LogP contribution < -0.4 is 10.2 Å². The van der Waals surface area contributed by atoms with Gasteiger partial charge in [0.2, 0.25) is 0 Å². The van der Waals surface area contributed by atoms with E-state index in [4.69, 9.17) is 9.15 Å². The second-order valence-corrected chi connectivity index (χ2v) is 4.30. The van der Waals surface area contributed by atoms with Crippen molar-refractivity contribution in [2.75, 3.05) is 7.11 Å². The van der Waals surface area contributed by atoms with Crippen molar-refractivity contribution in [3.63, 3.8) is 0 Å². The molecule has 8 nitrogen and oxygen atoms in total. The molecule has 0 saturated carbocycles. The first-order valence-corrected chi connectivity index (χ1v) is 6.23. The van der Waals surface area contributed by atoms with Gasteiger partial charge in [0.15, 0.2) is 11.5 Å². The van der Waals surface area contributed by atoms with Crippen molar-refractivity contribution in [1.82, 2.24) is 5.43 Å². The van der Waals surface area contributed by atoms with Crippen LogP contribution >= 0.6 is 0 Å². The Bertz CT molecular complexity index is 736. The van der Waals surface area contributed by atoms with Crippen LogP contribution in [0.1, 0.15) is 21.9 Å². The Kier molecular flexibility index (Phi) is 4.52. The van der Waals surface area contributed by atoms with Crippen LogP contribution in [0.2, 0.25) is 0 Å². The summed E-state index contributed by atoms with van der Waals surface area (Å²) in [5.41, 5.74) is 2.54. The standard InChI is InChI=1S/C14H13N3O5/c1-9-3-5-13(22-9)14(18)16-15-8-10-4-6-12(21-2)11(7-10)17(19)20/h3-8H,1-2H3,(H,16,18)/b15-8+. The molecule has 0 aliphatic heterocycles. The number of benzene rings is 1. The van der Waals surface area contributed by atoms with Gasteiger partial charge in [0.1, 0.15) is 5.76 Å². The second-order valence-electron chi connectivity index (χ2n) is 4.30. The molecule has 0 aliphatic rings. The van der Waals surface area contributed by atoms with E-state index in [0.717, 1.165) is 0 Å². The fourth-order valence-corrected chi connectivity index (χ4v) is 1.71. The number of hydrogen-bond donors (Lipinski definition) is 1. The Hall–Kier alpha value is -3.16. The first-order valence-electron chi connectivity index (χ1n) is 6.23. The van der Waals surface area contributed by atoms with Crippen molar-refractivity contribution in [3.05, 3.63) is 57.5 Å². The number of nitro groups is 1. The zero-order chi connectivity index (χ0) is 16.1. The fourth-order valence-electron chi connectivity index (χ4n) is 1.71. The highest BCUT2D eigenvalue weighted by Crippen LogP contribution is 2.26. The zero-order valence-corrected chi connectivity index (χ0v) is 11.9. The number of furan rings is 1. The van der Waals surface area contributed by atoms with Crippen molar-refractivity contribution in [2.24, 2.45) is 5.10 Å². The first-order chi connectivity index (χ1) is 10.5. The molecule has 22 heavy (non-hydrogen) atoms. The van der Waals surface area contributed by atoms with Crippen LogP contribution in [-0.2, 0) is 0 Å². The maximum Gasteiger partial charge on any atom is 0.311 e. The van der Waals surface area contributed by atoms with Crippen molar-refractivity contribution < 1.29 is 18.9 Å². The van der Waals surface area contributed by atoms with Gasteiger partial charge < -0.3 is 9.15 Å². The molecule has 0 bridgehead atoms. The Morgan fingerprint density at radius 2 is 2.18 bits per heavy atom. The summed E-state index contributed by atoms with van der Waals surface area (Å²) in [6.07, 6.45) is 1.29. The molecule has 0 fully saturated rings. The Morgan fingerprint density at radius 3 is 2.77 bits per heavy atom. The minimum absolute atomic E-state index is 0.135. The van der Waals surface area contributed by atoms with E-state index in [0.29, 0.717) is 11.3 Å². The summed E-state index contributed by atoms with van der Waals surface area (Å²) < 4.78 is 10.0. The van der Waals surface area contributed by atoms with E-state index < -0.39 is 10.8 Å². The number of nitrogens with one attached hydrogen (secondary N) is 1. The number of methoxy groups -OCH3 is 1. The van der Waals surface area contributed by atoms with E-state index in [9.17, 15) is 14.9 Å². The Labute approximate surface area is 125 Å². The van der Waals surface area contributed by atoms with E-state index in [2.05, 4.69) is 10.5 Å². The normalized spacial score (nSPS) is 10.6. The molecule has 1 N–H and O–H groups in total. The third kappa shape index (κ3) is 3.48. The van der Waals surface area contributed by atoms with Crippen LogP contribution in [0, 0.1) is 17.0 Å². The van der Waals surface area contributed by atoms with Gasteiger partial charge in [-0.25, -0.2) is 5.43 Å². The van der Waals surface area contributed by atoms with Crippen molar-refractivity contribution in [3.8, 4) is 5.75 Å². The molecule has 1 heterocycles. The number of aryl methyl sites for hydroxylation is 1. The molecule has 0 atom stereocenters. The smallest absolute Gasteiger partial charge is 0.311 e. The molecular weight excluding hydrogens is 290 g/mol. The molecule has 2 rings (SSSR count). The molecular formula is C14H13N3O5. The summed E-state index contributed by atoms with van der Waals surface area (Å²) in [5, 5.41) is 14.6. The molecule has 0 saturated heterocycles. The Morgan fingerprint density at radius 1 is 1.41 bits per heavy atom. The summed E-state index contributed by atoms with van der Waals surface area (Å²) in [6, 6.07) is 7.52. The number of nitrogens with zero attached hydrogens (tertiary/aromatic N) is 2. The van der Waals surface area contributed by atoms with Gasteiger partial charge in [-0.1, -0.05) is 0 Å². The van der Waals surface area contributed by atoms with Crippen molar-refractivity contribution in [2.45, 2.75) is 6.92 Å². The third-order valence-electron chi connectivity index (χ3n) is 2.74. The number of nitro benzene ring substituents is 1. The fraction of sp³-hybridized carbons (Fsp3) is 0.143. The molecule has 1 aromatic carbocycles. The van der Waals surface area contributed by atoms with Gasteiger partial charge in [0.25, 0.3) is 0 Å². The zero-order valence-electron chi connectivity index (χ0n) is 11.9. The highest BCUT2D eigenvalue weighted by molar-refractivity contribution is 5.92. The molecule has 2 aromatic rings. The van der Waals surface area contributed by atoms with E-state index in [1.165, 1.54) is 31.5 Å². The largest absolute Gasteiger partial charge is 0.490 e. The van der Waals surface area contributed by atoms with Crippen LogP contribution in [0.25, 0.3) is 0 Å².